The molecule has 6 aliphatic rings. The number of nitrogens with one attached hydrogen (secondary N) is 3. The molecule has 0 aromatic heterocycles. The van der Waals surface area contributed by atoms with Crippen molar-refractivity contribution < 1.29 is 130 Å². The van der Waals surface area contributed by atoms with Gasteiger partial charge in [-0.15, -0.1) is 0 Å². The molecule has 6 aliphatic heterocycles. The lowest BCUT2D eigenvalue weighted by Crippen LogP contribution is -2.67. The highest BCUT2D eigenvalue weighted by atomic mass is 16.8. The Hall–Kier alpha value is -6.42. The minimum atomic E-state index is -2.75. The van der Waals surface area contributed by atoms with E-state index in [4.69, 9.17) is 76.6 Å². The molecule has 412 valence electrons. The van der Waals surface area contributed by atoms with E-state index in [1.165, 1.54) is 6.92 Å². The third kappa shape index (κ3) is 11.9. The van der Waals surface area contributed by atoms with Gasteiger partial charge in [0, 0.05) is 31.6 Å². The molecule has 6 unspecified atom stereocenters. The fourth-order valence-electron chi connectivity index (χ4n) is 9.49. The molecule has 0 aromatic rings. The van der Waals surface area contributed by atoms with Crippen molar-refractivity contribution in [1.29, 1.82) is 0 Å². The molecule has 0 spiro atoms. The number of ether oxygens (including phenoxy) is 15. The maximum Gasteiger partial charge on any atom is 0.407 e. The van der Waals surface area contributed by atoms with Gasteiger partial charge in [0.05, 0.1) is 78.5 Å². The minimum Gasteiger partial charge on any atom is -0.465 e. The maximum atomic E-state index is 14.1. The number of carbonyl (C=O) groups is 9. The van der Waals surface area contributed by atoms with Crippen LogP contribution in [-0.4, -0.2) is 220 Å². The van der Waals surface area contributed by atoms with Crippen LogP contribution in [0.2, 0.25) is 0 Å². The Balaban J connectivity index is 1.35. The van der Waals surface area contributed by atoms with Crippen molar-refractivity contribution in [2.75, 3.05) is 47.9 Å². The Kier molecular flexibility index (Phi) is 18.0. The molecule has 6 N–H and O–H groups in total. The summed E-state index contributed by atoms with van der Waals surface area (Å²) in [7, 11) is 2.84. The number of methoxy groups -OCH3 is 3. The quantitative estimate of drug-likeness (QED) is 0.0205. The van der Waals surface area contributed by atoms with Crippen LogP contribution in [0.3, 0.4) is 0 Å². The van der Waals surface area contributed by atoms with Crippen LogP contribution in [-0.2, 0) is 99.8 Å². The third-order valence-electron chi connectivity index (χ3n) is 12.7. The zero-order valence-corrected chi connectivity index (χ0v) is 40.6. The number of aliphatic hydroxyl groups excluding tert-OH is 3. The monoisotopic (exact) mass is 1060 g/mol. The van der Waals surface area contributed by atoms with Crippen LogP contribution in [0.25, 0.3) is 10.4 Å². The highest BCUT2D eigenvalue weighted by Crippen LogP contribution is 2.43. The van der Waals surface area contributed by atoms with E-state index in [2.05, 4.69) is 26.0 Å². The van der Waals surface area contributed by atoms with Gasteiger partial charge in [0.25, 0.3) is 17.4 Å². The average molecular weight is 1060 g/mol. The standard InChI is InChI=1S/C41H56N6O27/c1-15(12-63-39(33(54)60-5)8-20-24(44-36(57)69-20)30(72-39)27(53)19(52)11-48)28(67-17(3)50)31-25-21(70-37(58)45-25)9-40(73-31,34(55)61-6)64-13-23(66-16(2)49)29(68-18(4)51)32-26-22(71-38(59)46-26)10-41(74-32,35(56)62-7)65-14-43-47-42/h15,19-32,48,52-53H,8-14H2,1-7H3,(H,44,57)(H,45,58)(H,46,59)/t15-,19-,20?,21?,22?,23-,24-,25-,26-,27-,28-,29-,30-,31-,32-,39?,40?,41?/m1/s1. The lowest BCUT2D eigenvalue weighted by molar-refractivity contribution is -0.325. The number of aliphatic hydroxyl groups is 3. The fraction of sp³-hybridized carbons (Fsp3) is 0.780. The van der Waals surface area contributed by atoms with Gasteiger partial charge in [0.15, 0.2) is 12.2 Å². The van der Waals surface area contributed by atoms with Crippen molar-refractivity contribution in [2.45, 2.75) is 150 Å². The zero-order valence-electron chi connectivity index (χ0n) is 40.6. The van der Waals surface area contributed by atoms with Crippen molar-refractivity contribution >= 4 is 54.1 Å². The van der Waals surface area contributed by atoms with E-state index in [1.807, 2.05) is 0 Å². The van der Waals surface area contributed by atoms with Crippen molar-refractivity contribution in [2.24, 2.45) is 11.0 Å². The van der Waals surface area contributed by atoms with Crippen LogP contribution in [0.5, 0.6) is 0 Å². The van der Waals surface area contributed by atoms with Gasteiger partial charge in [-0.05, 0) is 5.53 Å². The molecule has 0 radical (unpaired) electrons. The summed E-state index contributed by atoms with van der Waals surface area (Å²) in [5, 5.41) is 41.6. The Bertz CT molecular complexity index is 2220. The summed E-state index contributed by atoms with van der Waals surface area (Å²) in [4.78, 5) is 120. The van der Waals surface area contributed by atoms with Crippen LogP contribution in [0.15, 0.2) is 5.11 Å². The molecule has 0 aliphatic carbocycles. The molecule has 6 saturated heterocycles. The summed E-state index contributed by atoms with van der Waals surface area (Å²) >= 11 is 0. The number of hydrogen-bond donors (Lipinski definition) is 6. The summed E-state index contributed by atoms with van der Waals surface area (Å²) in [5.74, 6) is -15.9. The molecular formula is C41H56N6O27. The number of carbonyl (C=O) groups excluding carboxylic acids is 9. The van der Waals surface area contributed by atoms with Gasteiger partial charge in [0.2, 0.25) is 0 Å². The highest BCUT2D eigenvalue weighted by Gasteiger charge is 2.65. The molecule has 74 heavy (non-hydrogen) atoms. The topological polar surface area (TPSA) is 438 Å². The number of alkyl carbamates (subject to hydrolysis) is 3. The molecular weight excluding hydrogens is 1010 g/mol. The lowest BCUT2D eigenvalue weighted by Gasteiger charge is -2.47. The zero-order chi connectivity index (χ0) is 54.4. The number of azide groups is 1. The second-order valence-electron chi connectivity index (χ2n) is 17.6. The van der Waals surface area contributed by atoms with Crippen LogP contribution >= 0.6 is 0 Å². The smallest absolute Gasteiger partial charge is 0.407 e. The van der Waals surface area contributed by atoms with Gasteiger partial charge in [0.1, 0.15) is 61.7 Å². The maximum absolute atomic E-state index is 14.1. The van der Waals surface area contributed by atoms with E-state index in [1.54, 1.807) is 0 Å². The van der Waals surface area contributed by atoms with Crippen molar-refractivity contribution in [3.8, 4) is 0 Å². The average Bonchev–Trinajstić information content (AvgIpc) is 4.06. The molecule has 6 rings (SSSR count). The number of esters is 6. The van der Waals surface area contributed by atoms with Gasteiger partial charge in [-0.1, -0.05) is 12.0 Å². The largest absolute Gasteiger partial charge is 0.465 e. The van der Waals surface area contributed by atoms with Gasteiger partial charge < -0.3 is 102 Å². The van der Waals surface area contributed by atoms with Crippen LogP contribution < -0.4 is 16.0 Å². The third-order valence-corrected chi connectivity index (χ3v) is 12.7. The Labute approximate surface area is 418 Å². The summed E-state index contributed by atoms with van der Waals surface area (Å²) < 4.78 is 84.7. The van der Waals surface area contributed by atoms with Gasteiger partial charge in [-0.25, -0.2) is 28.8 Å². The predicted octanol–water partition coefficient (Wildman–Crippen LogP) is -3.15. The van der Waals surface area contributed by atoms with Gasteiger partial charge in [-0.3, -0.25) is 14.4 Å². The number of rotatable bonds is 22. The van der Waals surface area contributed by atoms with E-state index in [0.717, 1.165) is 42.1 Å². The molecule has 6 heterocycles. The second-order valence-corrected chi connectivity index (χ2v) is 17.6. The molecule has 33 nitrogen and oxygen atoms in total. The summed E-state index contributed by atoms with van der Waals surface area (Å²) in [6.07, 6.45) is -23.4. The first-order chi connectivity index (χ1) is 35.0. The normalized spacial score (nSPS) is 34.1. The highest BCUT2D eigenvalue weighted by molar-refractivity contribution is 5.80. The first-order valence-corrected chi connectivity index (χ1v) is 22.6. The lowest BCUT2D eigenvalue weighted by atomic mass is 9.86. The number of fused-ring (bicyclic) bond motifs is 3. The van der Waals surface area contributed by atoms with Crippen molar-refractivity contribution in [3.05, 3.63) is 10.4 Å². The van der Waals surface area contributed by atoms with E-state index < -0.39 is 208 Å². The first-order valence-electron chi connectivity index (χ1n) is 22.6. The SMILES string of the molecule is COC(=O)C1(OC[C@@H](C)[C@@H](OC(C)=O)[C@@H]2OC(OC[C@@H](OC(C)=O)[C@@H](OC(C)=O)[C@@H]3OC(OCN=[N+]=[N-])(C(=O)OC)CC4OC(=O)N[C@H]43)(C(=O)OC)CC3OC(=O)N[C@H]32)CC2OC(=O)N[C@H]2[C@H]([C@H](O)[C@H](O)CO)O1. The molecule has 18 atom stereocenters. The molecule has 33 heteroatoms. The van der Waals surface area contributed by atoms with E-state index >= 15 is 0 Å². The summed E-state index contributed by atoms with van der Waals surface area (Å²) in [6.45, 7) is 0.744. The molecule has 3 amide bonds. The number of nitrogens with zero attached hydrogens (tertiary/aromatic N) is 3. The molecule has 0 saturated carbocycles. The summed E-state index contributed by atoms with van der Waals surface area (Å²) in [6, 6.07) is -3.78. The van der Waals surface area contributed by atoms with Crippen LogP contribution in [0, 0.1) is 5.92 Å². The number of amides is 3. The van der Waals surface area contributed by atoms with E-state index in [9.17, 15) is 58.5 Å². The first kappa shape index (κ1) is 56.9. The van der Waals surface area contributed by atoms with Gasteiger partial charge >= 0.3 is 54.1 Å². The Morgan fingerprint density at radius 1 is 0.649 bits per heavy atom. The van der Waals surface area contributed by atoms with Crippen molar-refractivity contribution in [1.82, 2.24) is 16.0 Å². The molecule has 0 aromatic carbocycles. The van der Waals surface area contributed by atoms with Crippen molar-refractivity contribution in [3.63, 3.8) is 0 Å². The van der Waals surface area contributed by atoms with Crippen LogP contribution in [0.1, 0.15) is 47.0 Å². The summed E-state index contributed by atoms with van der Waals surface area (Å²) in [5.41, 5.74) is 8.93. The van der Waals surface area contributed by atoms with E-state index in [-0.39, 0.29) is 0 Å². The second kappa shape index (κ2) is 23.4. The Morgan fingerprint density at radius 2 is 1.04 bits per heavy atom. The minimum absolute atomic E-state index is 0.572. The van der Waals surface area contributed by atoms with Crippen LogP contribution in [0.4, 0.5) is 14.4 Å². The molecule has 0 bridgehead atoms. The Morgan fingerprint density at radius 3 is 1.46 bits per heavy atom. The fourth-order valence-corrected chi connectivity index (χ4v) is 9.49. The van der Waals surface area contributed by atoms with E-state index in [0.29, 0.717) is 0 Å². The van der Waals surface area contributed by atoms with Gasteiger partial charge in [-0.2, -0.15) is 0 Å². The number of hydrogen-bond acceptors (Lipinski definition) is 28. The molecule has 6 fully saturated rings. The predicted molar refractivity (Wildman–Crippen MR) is 226 cm³/mol.